The summed E-state index contributed by atoms with van der Waals surface area (Å²) >= 11 is 5.20. The molecule has 102 valence electrons. The van der Waals surface area contributed by atoms with Crippen molar-refractivity contribution in [1.82, 2.24) is 14.9 Å². The van der Waals surface area contributed by atoms with Crippen LogP contribution in [0.3, 0.4) is 0 Å². The Labute approximate surface area is 118 Å². The average molecular weight is 276 g/mol. The van der Waals surface area contributed by atoms with Crippen LogP contribution in [-0.2, 0) is 6.42 Å². The second-order valence-corrected chi connectivity index (χ2v) is 6.49. The van der Waals surface area contributed by atoms with Gasteiger partial charge in [0.1, 0.15) is 0 Å². The van der Waals surface area contributed by atoms with Crippen LogP contribution in [0.5, 0.6) is 0 Å². The van der Waals surface area contributed by atoms with Gasteiger partial charge in [-0.15, -0.1) is 0 Å². The van der Waals surface area contributed by atoms with Gasteiger partial charge in [0.25, 0.3) is 0 Å². The van der Waals surface area contributed by atoms with E-state index in [0.29, 0.717) is 16.1 Å². The van der Waals surface area contributed by atoms with Gasteiger partial charge < -0.3 is 0 Å². The van der Waals surface area contributed by atoms with E-state index >= 15 is 0 Å². The molecule has 4 rings (SSSR count). The van der Waals surface area contributed by atoms with Gasteiger partial charge in [0, 0.05) is 6.42 Å². The minimum absolute atomic E-state index is 0.432. The summed E-state index contributed by atoms with van der Waals surface area (Å²) in [5.74, 6) is 2.39. The molecule has 1 aromatic rings. The molecular formula is C14H20N4S. The normalized spacial score (nSPS) is 28.3. The second-order valence-electron chi connectivity index (χ2n) is 6.10. The minimum Gasteiger partial charge on any atom is -0.250 e. The van der Waals surface area contributed by atoms with Crippen LogP contribution in [0.25, 0.3) is 0 Å². The van der Waals surface area contributed by atoms with Crippen molar-refractivity contribution < 1.29 is 0 Å². The highest BCUT2D eigenvalue weighted by atomic mass is 32.1. The molecule has 0 amide bonds. The molecule has 0 spiro atoms. The van der Waals surface area contributed by atoms with E-state index in [4.69, 9.17) is 12.2 Å². The highest BCUT2D eigenvalue weighted by Crippen LogP contribution is 2.58. The van der Waals surface area contributed by atoms with E-state index in [-0.39, 0.29) is 0 Å². The summed E-state index contributed by atoms with van der Waals surface area (Å²) in [6.45, 7) is 6.79. The number of H-pyrrole nitrogens is 1. The van der Waals surface area contributed by atoms with Gasteiger partial charge in [-0.25, -0.2) is 0 Å². The molecule has 2 bridgehead atoms. The Morgan fingerprint density at radius 2 is 2.42 bits per heavy atom. The van der Waals surface area contributed by atoms with E-state index < -0.39 is 0 Å². The zero-order valence-electron chi connectivity index (χ0n) is 11.7. The fourth-order valence-electron chi connectivity index (χ4n) is 3.34. The first kappa shape index (κ1) is 12.8. The molecule has 1 N–H and O–H groups in total. The number of nitrogens with zero attached hydrogens (tertiary/aromatic N) is 3. The molecule has 1 heterocycles. The van der Waals surface area contributed by atoms with Crippen LogP contribution in [0.4, 0.5) is 0 Å². The summed E-state index contributed by atoms with van der Waals surface area (Å²) in [4.78, 5) is 0. The second kappa shape index (κ2) is 4.40. The lowest BCUT2D eigenvalue weighted by Crippen LogP contribution is -2.48. The van der Waals surface area contributed by atoms with E-state index in [1.807, 2.05) is 6.21 Å². The molecule has 5 heteroatoms. The fraction of sp³-hybridized carbons (Fsp3) is 0.643. The Balaban J connectivity index is 1.86. The molecule has 2 unspecified atom stereocenters. The number of fused-ring (bicyclic) bond motifs is 1. The molecule has 1 saturated carbocycles. The third-order valence-corrected chi connectivity index (χ3v) is 5.13. The van der Waals surface area contributed by atoms with Crippen molar-refractivity contribution in [1.29, 1.82) is 0 Å². The number of allylic oxidation sites excluding steroid dienone is 2. The Morgan fingerprint density at radius 1 is 1.63 bits per heavy atom. The van der Waals surface area contributed by atoms with Crippen molar-refractivity contribution in [2.24, 2.45) is 22.4 Å². The lowest BCUT2D eigenvalue weighted by atomic mass is 9.49. The van der Waals surface area contributed by atoms with Crippen molar-refractivity contribution in [3.63, 3.8) is 0 Å². The molecule has 1 fully saturated rings. The maximum absolute atomic E-state index is 5.20. The largest absolute Gasteiger partial charge is 0.250 e. The molecule has 2 atom stereocenters. The van der Waals surface area contributed by atoms with E-state index in [1.165, 1.54) is 18.4 Å². The van der Waals surface area contributed by atoms with Gasteiger partial charge in [0.15, 0.2) is 5.82 Å². The fourth-order valence-corrected chi connectivity index (χ4v) is 3.54. The Bertz CT molecular complexity index is 605. The maximum atomic E-state index is 5.20. The van der Waals surface area contributed by atoms with Gasteiger partial charge in [-0.3, -0.25) is 5.10 Å². The van der Waals surface area contributed by atoms with Gasteiger partial charge in [-0.2, -0.15) is 14.9 Å². The van der Waals surface area contributed by atoms with Crippen LogP contribution >= 0.6 is 12.2 Å². The number of hydrogen-bond acceptors (Lipinski definition) is 3. The number of hydrogen-bond donors (Lipinski definition) is 1. The van der Waals surface area contributed by atoms with Crippen molar-refractivity contribution in [2.45, 2.75) is 40.0 Å². The van der Waals surface area contributed by atoms with Crippen LogP contribution in [0.15, 0.2) is 16.8 Å². The topological polar surface area (TPSA) is 46.0 Å². The molecule has 3 aliphatic rings. The van der Waals surface area contributed by atoms with Crippen molar-refractivity contribution in [3.8, 4) is 0 Å². The number of nitrogens with one attached hydrogen (secondary N) is 1. The third-order valence-electron chi connectivity index (χ3n) is 4.87. The number of aromatic amines is 1. The first-order valence-electron chi connectivity index (χ1n) is 6.94. The summed E-state index contributed by atoms with van der Waals surface area (Å²) in [6, 6.07) is 0. The van der Waals surface area contributed by atoms with Crippen LogP contribution in [0.1, 0.15) is 39.4 Å². The molecule has 0 aromatic carbocycles. The van der Waals surface area contributed by atoms with Gasteiger partial charge in [-0.05, 0) is 47.9 Å². The molecule has 0 radical (unpaired) electrons. The lowest BCUT2D eigenvalue weighted by molar-refractivity contribution is -0.00127. The summed E-state index contributed by atoms with van der Waals surface area (Å²) in [6.07, 6.45) is 7.63. The van der Waals surface area contributed by atoms with Crippen LogP contribution in [0.2, 0.25) is 0 Å². The number of aromatic nitrogens is 3. The molecule has 0 saturated heterocycles. The first-order chi connectivity index (χ1) is 9.04. The molecular weight excluding hydrogens is 256 g/mol. The third kappa shape index (κ3) is 1.91. The molecule has 4 nitrogen and oxygen atoms in total. The van der Waals surface area contributed by atoms with Gasteiger partial charge in [0.2, 0.25) is 4.77 Å². The van der Waals surface area contributed by atoms with Gasteiger partial charge in [-0.1, -0.05) is 26.8 Å². The smallest absolute Gasteiger partial charge is 0.216 e. The van der Waals surface area contributed by atoms with Crippen molar-refractivity contribution in [3.05, 3.63) is 22.2 Å². The standard InChI is InChI=1S/C14H20N4S/c1-4-12-16-17-13(19)18(12)15-8-9-5-6-10-7-11(9)14(10,2)3/h5,8,10-11H,4,6-7H2,1-3H3,(H,17,19). The Kier molecular flexibility index (Phi) is 2.96. The van der Waals surface area contributed by atoms with Crippen molar-refractivity contribution in [2.75, 3.05) is 0 Å². The number of aryl methyl sites for hydroxylation is 1. The summed E-state index contributed by atoms with van der Waals surface area (Å²) < 4.78 is 2.30. The summed E-state index contributed by atoms with van der Waals surface area (Å²) in [5.41, 5.74) is 1.79. The molecule has 3 aliphatic carbocycles. The average Bonchev–Trinajstić information content (AvgIpc) is 2.76. The Hall–Kier alpha value is -1.23. The zero-order valence-corrected chi connectivity index (χ0v) is 12.5. The van der Waals surface area contributed by atoms with E-state index in [2.05, 4.69) is 42.1 Å². The zero-order chi connectivity index (χ0) is 13.6. The lowest BCUT2D eigenvalue weighted by Gasteiger charge is -2.55. The van der Waals surface area contributed by atoms with Crippen LogP contribution in [0, 0.1) is 22.0 Å². The Morgan fingerprint density at radius 3 is 3.05 bits per heavy atom. The quantitative estimate of drug-likeness (QED) is 0.680. The SMILES string of the molecule is CCc1n[nH]c(=S)n1N=CC1=CCC2CC1C2(C)C. The van der Waals surface area contributed by atoms with E-state index in [9.17, 15) is 0 Å². The van der Waals surface area contributed by atoms with E-state index in [0.717, 1.165) is 18.2 Å². The highest BCUT2D eigenvalue weighted by molar-refractivity contribution is 7.71. The number of rotatable bonds is 3. The minimum atomic E-state index is 0.432. The van der Waals surface area contributed by atoms with Crippen LogP contribution in [-0.4, -0.2) is 21.1 Å². The molecule has 0 aliphatic heterocycles. The maximum Gasteiger partial charge on any atom is 0.216 e. The van der Waals surface area contributed by atoms with Crippen molar-refractivity contribution >= 4 is 18.4 Å². The predicted octanol–water partition coefficient (Wildman–Crippen LogP) is 3.33. The molecule has 1 aromatic heterocycles. The van der Waals surface area contributed by atoms with Gasteiger partial charge >= 0.3 is 0 Å². The molecule has 19 heavy (non-hydrogen) atoms. The summed E-state index contributed by atoms with van der Waals surface area (Å²) in [7, 11) is 0. The summed E-state index contributed by atoms with van der Waals surface area (Å²) in [5, 5.41) is 11.5. The first-order valence-corrected chi connectivity index (χ1v) is 7.35. The van der Waals surface area contributed by atoms with Crippen LogP contribution < -0.4 is 0 Å². The predicted molar refractivity (Wildman–Crippen MR) is 78.8 cm³/mol. The van der Waals surface area contributed by atoms with E-state index in [1.54, 1.807) is 4.68 Å². The van der Waals surface area contributed by atoms with Gasteiger partial charge in [0.05, 0.1) is 6.21 Å². The highest BCUT2D eigenvalue weighted by Gasteiger charge is 2.50. The monoisotopic (exact) mass is 276 g/mol.